The standard InChI is InChI=1S/C14H19N5O/c1-11(8-15)14(20)18(2)10-12-9-16-19(17-12)13-6-4-3-5-7-13/h3-7,9,11H,8,10,15H2,1-2H3. The van der Waals surface area contributed by atoms with Crippen molar-refractivity contribution in [3.05, 3.63) is 42.2 Å². The van der Waals surface area contributed by atoms with Crippen molar-refractivity contribution in [2.45, 2.75) is 13.5 Å². The first kappa shape index (κ1) is 14.2. The number of para-hydroxylation sites is 1. The average molecular weight is 273 g/mol. The van der Waals surface area contributed by atoms with Gasteiger partial charge in [-0.25, -0.2) is 0 Å². The number of amides is 1. The lowest BCUT2D eigenvalue weighted by molar-refractivity contribution is -0.133. The minimum absolute atomic E-state index is 0.0155. The smallest absolute Gasteiger partial charge is 0.226 e. The zero-order chi connectivity index (χ0) is 14.5. The predicted molar refractivity (Wildman–Crippen MR) is 76.1 cm³/mol. The van der Waals surface area contributed by atoms with E-state index in [1.807, 2.05) is 37.3 Å². The Morgan fingerprint density at radius 3 is 2.75 bits per heavy atom. The van der Waals surface area contributed by atoms with Crippen LogP contribution < -0.4 is 5.73 Å². The van der Waals surface area contributed by atoms with Gasteiger partial charge < -0.3 is 10.6 Å². The molecule has 0 bridgehead atoms. The highest BCUT2D eigenvalue weighted by atomic mass is 16.2. The molecule has 0 aliphatic carbocycles. The molecule has 2 rings (SSSR count). The van der Waals surface area contributed by atoms with Crippen LogP contribution in [0.25, 0.3) is 5.69 Å². The van der Waals surface area contributed by atoms with Crippen molar-refractivity contribution in [1.29, 1.82) is 0 Å². The van der Waals surface area contributed by atoms with E-state index >= 15 is 0 Å². The third-order valence-corrected chi connectivity index (χ3v) is 3.08. The Labute approximate surface area is 118 Å². The summed E-state index contributed by atoms with van der Waals surface area (Å²) in [5.74, 6) is -0.161. The molecule has 0 aliphatic rings. The maximum Gasteiger partial charge on any atom is 0.226 e. The summed E-state index contributed by atoms with van der Waals surface area (Å²) < 4.78 is 0. The number of carbonyl (C=O) groups excluding carboxylic acids is 1. The molecular weight excluding hydrogens is 254 g/mol. The first-order valence-electron chi connectivity index (χ1n) is 6.53. The fraction of sp³-hybridized carbons (Fsp3) is 0.357. The largest absolute Gasteiger partial charge is 0.339 e. The Morgan fingerprint density at radius 2 is 2.10 bits per heavy atom. The van der Waals surface area contributed by atoms with Crippen molar-refractivity contribution >= 4 is 5.91 Å². The van der Waals surface area contributed by atoms with Crippen LogP contribution in [0.3, 0.4) is 0 Å². The number of benzene rings is 1. The molecule has 2 N–H and O–H groups in total. The maximum absolute atomic E-state index is 11.9. The number of rotatable bonds is 5. The molecule has 1 unspecified atom stereocenters. The Morgan fingerprint density at radius 1 is 1.40 bits per heavy atom. The molecular formula is C14H19N5O. The van der Waals surface area contributed by atoms with Crippen LogP contribution >= 0.6 is 0 Å². The molecule has 20 heavy (non-hydrogen) atoms. The van der Waals surface area contributed by atoms with E-state index in [1.165, 1.54) is 0 Å². The molecule has 6 heteroatoms. The van der Waals surface area contributed by atoms with Crippen molar-refractivity contribution in [3.63, 3.8) is 0 Å². The molecule has 6 nitrogen and oxygen atoms in total. The molecule has 1 atom stereocenters. The van der Waals surface area contributed by atoms with Crippen molar-refractivity contribution in [2.75, 3.05) is 13.6 Å². The Balaban J connectivity index is 2.05. The van der Waals surface area contributed by atoms with Gasteiger partial charge in [-0.2, -0.15) is 15.0 Å². The van der Waals surface area contributed by atoms with Crippen LogP contribution in [0.4, 0.5) is 0 Å². The molecule has 1 aromatic heterocycles. The van der Waals surface area contributed by atoms with E-state index in [9.17, 15) is 4.79 Å². The lowest BCUT2D eigenvalue weighted by atomic mass is 10.1. The number of nitrogens with two attached hydrogens (primary N) is 1. The second-order valence-electron chi connectivity index (χ2n) is 4.79. The third-order valence-electron chi connectivity index (χ3n) is 3.08. The van der Waals surface area contributed by atoms with Crippen LogP contribution in [-0.2, 0) is 11.3 Å². The second kappa shape index (κ2) is 6.29. The molecule has 0 spiro atoms. The summed E-state index contributed by atoms with van der Waals surface area (Å²) in [5, 5.41) is 8.58. The molecule has 1 amide bonds. The van der Waals surface area contributed by atoms with Gasteiger partial charge in [0.1, 0.15) is 5.69 Å². The normalized spacial score (nSPS) is 12.2. The van der Waals surface area contributed by atoms with Crippen LogP contribution in [0.1, 0.15) is 12.6 Å². The van der Waals surface area contributed by atoms with Crippen LogP contribution in [0, 0.1) is 5.92 Å². The van der Waals surface area contributed by atoms with Gasteiger partial charge in [-0.3, -0.25) is 4.79 Å². The van der Waals surface area contributed by atoms with Crippen molar-refractivity contribution in [2.24, 2.45) is 11.7 Å². The Hall–Kier alpha value is -2.21. The number of carbonyl (C=O) groups is 1. The molecule has 0 radical (unpaired) electrons. The summed E-state index contributed by atoms with van der Waals surface area (Å²) in [6.07, 6.45) is 1.67. The molecule has 0 saturated heterocycles. The topological polar surface area (TPSA) is 77.0 Å². The van der Waals surface area contributed by atoms with E-state index in [0.717, 1.165) is 11.4 Å². The fourth-order valence-corrected chi connectivity index (χ4v) is 1.85. The van der Waals surface area contributed by atoms with Gasteiger partial charge >= 0.3 is 0 Å². The predicted octanol–water partition coefficient (Wildman–Crippen LogP) is 0.820. The van der Waals surface area contributed by atoms with Crippen LogP contribution in [-0.4, -0.2) is 39.4 Å². The van der Waals surface area contributed by atoms with Crippen molar-refractivity contribution in [3.8, 4) is 5.69 Å². The second-order valence-corrected chi connectivity index (χ2v) is 4.79. The first-order valence-corrected chi connectivity index (χ1v) is 6.53. The molecule has 2 aromatic rings. The van der Waals surface area contributed by atoms with Crippen LogP contribution in [0.2, 0.25) is 0 Å². The molecule has 1 heterocycles. The SMILES string of the molecule is CC(CN)C(=O)N(C)Cc1cnn(-c2ccccc2)n1. The average Bonchev–Trinajstić information content (AvgIpc) is 2.95. The lowest BCUT2D eigenvalue weighted by Crippen LogP contribution is -2.34. The van der Waals surface area contributed by atoms with Gasteiger partial charge in [-0.05, 0) is 12.1 Å². The minimum Gasteiger partial charge on any atom is -0.339 e. The summed E-state index contributed by atoms with van der Waals surface area (Å²) >= 11 is 0. The number of nitrogens with zero attached hydrogens (tertiary/aromatic N) is 4. The molecule has 0 saturated carbocycles. The number of hydrogen-bond acceptors (Lipinski definition) is 4. The van der Waals surface area contributed by atoms with Crippen molar-refractivity contribution in [1.82, 2.24) is 19.9 Å². The van der Waals surface area contributed by atoms with E-state index < -0.39 is 0 Å². The number of hydrogen-bond donors (Lipinski definition) is 1. The first-order chi connectivity index (χ1) is 9.61. The van der Waals surface area contributed by atoms with Crippen LogP contribution in [0.5, 0.6) is 0 Å². The van der Waals surface area contributed by atoms with E-state index in [0.29, 0.717) is 13.1 Å². The van der Waals surface area contributed by atoms with E-state index in [2.05, 4.69) is 10.2 Å². The molecule has 0 aliphatic heterocycles. The maximum atomic E-state index is 11.9. The molecule has 0 fully saturated rings. The lowest BCUT2D eigenvalue weighted by Gasteiger charge is -2.19. The Bertz CT molecular complexity index is 566. The summed E-state index contributed by atoms with van der Waals surface area (Å²) in [6.45, 7) is 2.59. The van der Waals surface area contributed by atoms with Crippen LogP contribution in [0.15, 0.2) is 36.5 Å². The van der Waals surface area contributed by atoms with Gasteiger partial charge in [0.15, 0.2) is 0 Å². The third kappa shape index (κ3) is 3.21. The quantitative estimate of drug-likeness (QED) is 0.875. The zero-order valence-electron chi connectivity index (χ0n) is 11.7. The van der Waals surface area contributed by atoms with E-state index in [1.54, 1.807) is 22.9 Å². The highest BCUT2D eigenvalue weighted by Gasteiger charge is 2.17. The molecule has 106 valence electrons. The summed E-state index contributed by atoms with van der Waals surface area (Å²) in [5.41, 5.74) is 7.14. The van der Waals surface area contributed by atoms with E-state index in [4.69, 9.17) is 5.73 Å². The highest BCUT2D eigenvalue weighted by Crippen LogP contribution is 2.07. The molecule has 1 aromatic carbocycles. The fourth-order valence-electron chi connectivity index (χ4n) is 1.85. The summed E-state index contributed by atoms with van der Waals surface area (Å²) in [6, 6.07) is 9.65. The van der Waals surface area contributed by atoms with Gasteiger partial charge in [0, 0.05) is 19.5 Å². The van der Waals surface area contributed by atoms with Gasteiger partial charge in [-0.1, -0.05) is 25.1 Å². The van der Waals surface area contributed by atoms with Gasteiger partial charge in [0.05, 0.1) is 18.4 Å². The van der Waals surface area contributed by atoms with Gasteiger partial charge in [-0.15, -0.1) is 0 Å². The minimum atomic E-state index is -0.177. The summed E-state index contributed by atoms with van der Waals surface area (Å²) in [7, 11) is 1.75. The zero-order valence-corrected chi connectivity index (χ0v) is 11.7. The van der Waals surface area contributed by atoms with Crippen molar-refractivity contribution < 1.29 is 4.79 Å². The number of aromatic nitrogens is 3. The van der Waals surface area contributed by atoms with E-state index in [-0.39, 0.29) is 11.8 Å². The van der Waals surface area contributed by atoms with Gasteiger partial charge in [0.25, 0.3) is 0 Å². The summed E-state index contributed by atoms with van der Waals surface area (Å²) in [4.78, 5) is 15.1. The highest BCUT2D eigenvalue weighted by molar-refractivity contribution is 5.78. The Kier molecular flexibility index (Phi) is 4.47. The van der Waals surface area contributed by atoms with Gasteiger partial charge in [0.2, 0.25) is 5.91 Å². The monoisotopic (exact) mass is 273 g/mol.